The molecule has 1 heterocycles. The van der Waals surface area contributed by atoms with Crippen molar-refractivity contribution in [3.05, 3.63) is 47.2 Å². The van der Waals surface area contributed by atoms with Gasteiger partial charge in [0.1, 0.15) is 6.61 Å². The number of hydrogen-bond acceptors (Lipinski definition) is 4. The van der Waals surface area contributed by atoms with E-state index in [4.69, 9.17) is 14.0 Å². The van der Waals surface area contributed by atoms with E-state index in [0.717, 1.165) is 31.2 Å². The molecule has 1 aliphatic rings. The van der Waals surface area contributed by atoms with E-state index in [0.29, 0.717) is 18.3 Å². The quantitative estimate of drug-likeness (QED) is 0.209. The van der Waals surface area contributed by atoms with Crippen molar-refractivity contribution in [3.63, 3.8) is 0 Å². The Bertz CT molecular complexity index is 714. The van der Waals surface area contributed by atoms with E-state index < -0.39 is 18.3 Å². The van der Waals surface area contributed by atoms with E-state index in [9.17, 15) is 4.79 Å². The van der Waals surface area contributed by atoms with Crippen molar-refractivity contribution < 1.29 is 23.2 Å². The number of hydrogen-bond donors (Lipinski definition) is 0. The molecule has 1 aromatic carbocycles. The standard InChI is InChI=1S/C25H38BFO4/c1-6-7-8-12-16-21(26-30-24(2,3)25(4,5)31-26)22(27)17-13-18-23(28)29-19-20-14-10-9-11-15-20/h9-11,14-15H,6-8,12-13,16-19H2,1-5H3/b22-21-. The molecule has 0 amide bonds. The Balaban J connectivity index is 1.92. The number of rotatable bonds is 12. The third-order valence-electron chi connectivity index (χ3n) is 6.21. The lowest BCUT2D eigenvalue weighted by atomic mass is 9.74. The minimum absolute atomic E-state index is 0.187. The summed E-state index contributed by atoms with van der Waals surface area (Å²) in [5.41, 5.74) is 0.520. The predicted molar refractivity (Wildman–Crippen MR) is 123 cm³/mol. The summed E-state index contributed by atoms with van der Waals surface area (Å²) in [7, 11) is -0.670. The SMILES string of the molecule is CCCCCC/C(B1OC(C)(C)C(C)(C)O1)=C(/F)CCCC(=O)OCc1ccccc1. The molecule has 31 heavy (non-hydrogen) atoms. The van der Waals surface area contributed by atoms with Crippen LogP contribution in [0.15, 0.2) is 41.6 Å². The van der Waals surface area contributed by atoms with Crippen molar-refractivity contribution >= 4 is 13.1 Å². The molecule has 0 bridgehead atoms. The first-order chi connectivity index (χ1) is 14.7. The Morgan fingerprint density at radius 2 is 1.58 bits per heavy atom. The van der Waals surface area contributed by atoms with Crippen LogP contribution in [0.3, 0.4) is 0 Å². The molecule has 4 nitrogen and oxygen atoms in total. The van der Waals surface area contributed by atoms with Crippen molar-refractivity contribution in [2.24, 2.45) is 0 Å². The summed E-state index contributed by atoms with van der Waals surface area (Å²) in [6, 6.07) is 9.54. The Hall–Kier alpha value is -1.66. The number of ether oxygens (including phenoxy) is 1. The predicted octanol–water partition coefficient (Wildman–Crippen LogP) is 6.73. The highest BCUT2D eigenvalue weighted by molar-refractivity contribution is 6.54. The van der Waals surface area contributed by atoms with Gasteiger partial charge in [0, 0.05) is 6.42 Å². The van der Waals surface area contributed by atoms with Crippen LogP contribution in [0.4, 0.5) is 4.39 Å². The molecule has 0 N–H and O–H groups in total. The summed E-state index contributed by atoms with van der Waals surface area (Å²) in [4.78, 5) is 12.0. The zero-order valence-electron chi connectivity index (χ0n) is 19.8. The smallest absolute Gasteiger partial charge is 0.461 e. The van der Waals surface area contributed by atoms with Crippen LogP contribution < -0.4 is 0 Å². The number of halogens is 1. The van der Waals surface area contributed by atoms with Gasteiger partial charge in [-0.2, -0.15) is 0 Å². The zero-order chi connectivity index (χ0) is 22.9. The Morgan fingerprint density at radius 1 is 0.935 bits per heavy atom. The van der Waals surface area contributed by atoms with Crippen LogP contribution >= 0.6 is 0 Å². The third-order valence-corrected chi connectivity index (χ3v) is 6.21. The fourth-order valence-electron chi connectivity index (χ4n) is 3.47. The summed E-state index contributed by atoms with van der Waals surface area (Å²) < 4.78 is 32.7. The summed E-state index contributed by atoms with van der Waals surface area (Å²) in [6.07, 6.45) is 5.60. The van der Waals surface area contributed by atoms with Crippen LogP contribution in [0.5, 0.6) is 0 Å². The molecule has 0 aromatic heterocycles. The van der Waals surface area contributed by atoms with Crippen molar-refractivity contribution in [3.8, 4) is 0 Å². The molecule has 0 radical (unpaired) electrons. The van der Waals surface area contributed by atoms with Gasteiger partial charge in [-0.3, -0.25) is 4.79 Å². The molecular formula is C25H38BFO4. The van der Waals surface area contributed by atoms with Gasteiger partial charge in [-0.1, -0.05) is 62.9 Å². The van der Waals surface area contributed by atoms with Crippen molar-refractivity contribution in [2.75, 3.05) is 0 Å². The fourth-order valence-corrected chi connectivity index (χ4v) is 3.47. The lowest BCUT2D eigenvalue weighted by Gasteiger charge is -2.32. The minimum Gasteiger partial charge on any atom is -0.461 e. The van der Waals surface area contributed by atoms with Gasteiger partial charge in [0.05, 0.1) is 17.0 Å². The second-order valence-electron chi connectivity index (χ2n) is 9.33. The number of carbonyl (C=O) groups excluding carboxylic acids is 1. The largest absolute Gasteiger partial charge is 0.493 e. The molecular weight excluding hydrogens is 394 g/mol. The molecule has 2 rings (SSSR count). The van der Waals surface area contributed by atoms with Crippen LogP contribution in [0.25, 0.3) is 0 Å². The first-order valence-electron chi connectivity index (χ1n) is 11.6. The maximum atomic E-state index is 15.2. The number of allylic oxidation sites excluding steroid dienone is 2. The summed E-state index contributed by atoms with van der Waals surface area (Å²) in [5, 5.41) is 0. The van der Waals surface area contributed by atoms with Crippen LogP contribution in [-0.4, -0.2) is 24.3 Å². The van der Waals surface area contributed by atoms with Gasteiger partial charge < -0.3 is 14.0 Å². The van der Waals surface area contributed by atoms with Crippen LogP contribution in [-0.2, 0) is 25.4 Å². The summed E-state index contributed by atoms with van der Waals surface area (Å²) in [6.45, 7) is 10.3. The number of carbonyl (C=O) groups is 1. The molecule has 1 saturated heterocycles. The topological polar surface area (TPSA) is 44.8 Å². The second-order valence-corrected chi connectivity index (χ2v) is 9.33. The van der Waals surface area contributed by atoms with E-state index in [2.05, 4.69) is 6.92 Å². The van der Waals surface area contributed by atoms with Gasteiger partial charge in [-0.05, 0) is 58.0 Å². The average molecular weight is 432 g/mol. The first kappa shape index (κ1) is 25.6. The molecule has 0 spiro atoms. The maximum absolute atomic E-state index is 15.2. The van der Waals surface area contributed by atoms with Gasteiger partial charge >= 0.3 is 13.1 Å². The Labute approximate surface area is 187 Å². The summed E-state index contributed by atoms with van der Waals surface area (Å²) >= 11 is 0. The van der Waals surface area contributed by atoms with Gasteiger partial charge in [0.2, 0.25) is 0 Å². The maximum Gasteiger partial charge on any atom is 0.493 e. The third kappa shape index (κ3) is 7.76. The fraction of sp³-hybridized carbons (Fsp3) is 0.640. The van der Waals surface area contributed by atoms with Crippen molar-refractivity contribution in [1.29, 1.82) is 0 Å². The van der Waals surface area contributed by atoms with Gasteiger partial charge in [0.25, 0.3) is 0 Å². The van der Waals surface area contributed by atoms with Gasteiger partial charge in [0.15, 0.2) is 0 Å². The minimum atomic E-state index is -0.670. The lowest BCUT2D eigenvalue weighted by Crippen LogP contribution is -2.41. The molecule has 0 aliphatic carbocycles. The van der Waals surface area contributed by atoms with E-state index in [-0.39, 0.29) is 31.2 Å². The van der Waals surface area contributed by atoms with Crippen LogP contribution in [0.1, 0.15) is 91.5 Å². The molecule has 172 valence electrons. The number of esters is 1. The highest BCUT2D eigenvalue weighted by Crippen LogP contribution is 2.40. The molecule has 1 fully saturated rings. The molecule has 1 aromatic rings. The van der Waals surface area contributed by atoms with E-state index in [1.807, 2.05) is 58.0 Å². The van der Waals surface area contributed by atoms with E-state index >= 15 is 4.39 Å². The summed E-state index contributed by atoms with van der Waals surface area (Å²) in [5.74, 6) is -0.525. The van der Waals surface area contributed by atoms with Crippen LogP contribution in [0.2, 0.25) is 0 Å². The number of unbranched alkanes of at least 4 members (excludes halogenated alkanes) is 3. The number of benzene rings is 1. The Morgan fingerprint density at radius 3 is 2.19 bits per heavy atom. The average Bonchev–Trinajstić information content (AvgIpc) is 2.93. The normalized spacial score (nSPS) is 18.1. The molecule has 0 unspecified atom stereocenters. The van der Waals surface area contributed by atoms with Gasteiger partial charge in [-0.15, -0.1) is 0 Å². The molecule has 6 heteroatoms. The highest BCUT2D eigenvalue weighted by Gasteiger charge is 2.52. The van der Waals surface area contributed by atoms with E-state index in [1.54, 1.807) is 0 Å². The molecule has 0 saturated carbocycles. The zero-order valence-corrected chi connectivity index (χ0v) is 19.8. The van der Waals surface area contributed by atoms with Gasteiger partial charge in [-0.25, -0.2) is 4.39 Å². The monoisotopic (exact) mass is 432 g/mol. The van der Waals surface area contributed by atoms with Crippen molar-refractivity contribution in [1.82, 2.24) is 0 Å². The second kappa shape index (κ2) is 11.8. The molecule has 0 atom stereocenters. The van der Waals surface area contributed by atoms with E-state index in [1.165, 1.54) is 0 Å². The van der Waals surface area contributed by atoms with Crippen molar-refractivity contribution in [2.45, 2.75) is 104 Å². The molecule has 1 aliphatic heterocycles. The first-order valence-corrected chi connectivity index (χ1v) is 11.6. The Kier molecular flexibility index (Phi) is 9.76. The lowest BCUT2D eigenvalue weighted by molar-refractivity contribution is -0.145. The van der Waals surface area contributed by atoms with Crippen LogP contribution in [0, 0.1) is 0 Å². The highest BCUT2D eigenvalue weighted by atomic mass is 19.1.